The summed E-state index contributed by atoms with van der Waals surface area (Å²) in [5.74, 6) is -2.03. The van der Waals surface area contributed by atoms with Crippen LogP contribution in [-0.4, -0.2) is 29.0 Å². The number of carbonyl (C=O) groups is 2. The van der Waals surface area contributed by atoms with E-state index >= 15 is 0 Å². The number of Topliss-reactive ketones (excluding diaryl/α,β-unsaturated/α-hetero) is 1. The number of ether oxygens (including phenoxy) is 1. The Balaban J connectivity index is 1.70. The second-order valence-corrected chi connectivity index (χ2v) is 9.77. The number of esters is 1. The Morgan fingerprint density at radius 3 is 2.59 bits per heavy atom. The fraction of sp³-hybridized carbons (Fsp3) is 0.370. The number of ketones is 1. The van der Waals surface area contributed by atoms with Gasteiger partial charge < -0.3 is 4.74 Å². The highest BCUT2D eigenvalue weighted by molar-refractivity contribution is 6.09. The summed E-state index contributed by atoms with van der Waals surface area (Å²) in [4.78, 5) is 42.3. The van der Waals surface area contributed by atoms with Crippen LogP contribution in [0.3, 0.4) is 0 Å². The summed E-state index contributed by atoms with van der Waals surface area (Å²) in [6.07, 6.45) is 1.51. The molecule has 0 amide bonds. The molecule has 0 radical (unpaired) electrons. The number of nitro groups is 1. The van der Waals surface area contributed by atoms with E-state index < -0.39 is 22.7 Å². The van der Waals surface area contributed by atoms with E-state index in [-0.39, 0.29) is 23.5 Å². The van der Waals surface area contributed by atoms with Crippen LogP contribution in [-0.2, 0) is 20.7 Å². The van der Waals surface area contributed by atoms with E-state index in [0.29, 0.717) is 41.8 Å². The Hall–Kier alpha value is -3.61. The molecule has 34 heavy (non-hydrogen) atoms. The number of carbonyl (C=O) groups excluding carboxylic acids is 2. The summed E-state index contributed by atoms with van der Waals surface area (Å²) in [5, 5.41) is 11.4. The predicted octanol–water partition coefficient (Wildman–Crippen LogP) is 5.20. The number of hydrogen-bond donors (Lipinski definition) is 0. The van der Waals surface area contributed by atoms with Gasteiger partial charge in [0.1, 0.15) is 5.92 Å². The normalized spacial score (nSPS) is 21.5. The number of hydrogen-bond acceptors (Lipinski definition) is 6. The number of benzene rings is 2. The molecule has 0 saturated carbocycles. The van der Waals surface area contributed by atoms with Crippen molar-refractivity contribution in [2.75, 3.05) is 6.61 Å². The van der Waals surface area contributed by atoms with E-state index in [2.05, 4.69) is 0 Å². The molecule has 2 aliphatic rings. The molecule has 0 fully saturated rings. The second kappa shape index (κ2) is 9.33. The van der Waals surface area contributed by atoms with E-state index in [0.717, 1.165) is 5.56 Å². The SMILES string of the molecule is CC1=NC2=C(C(=O)CC(C)(C)C2)[C@@H](c2cccc([N+](=O)[O-])c2)C1C(=O)OCCc1ccccc1. The van der Waals surface area contributed by atoms with Crippen LogP contribution in [0.2, 0.25) is 0 Å². The van der Waals surface area contributed by atoms with Gasteiger partial charge in [0.05, 0.1) is 11.5 Å². The highest BCUT2D eigenvalue weighted by atomic mass is 16.6. The second-order valence-electron chi connectivity index (χ2n) is 9.77. The first-order chi connectivity index (χ1) is 16.2. The molecule has 2 atom stereocenters. The zero-order chi connectivity index (χ0) is 24.5. The molecule has 2 aromatic rings. The highest BCUT2D eigenvalue weighted by Gasteiger charge is 2.46. The number of aliphatic imine (C=N–C) groups is 1. The van der Waals surface area contributed by atoms with Crippen LogP contribution in [0.15, 0.2) is 70.9 Å². The molecule has 0 spiro atoms. The van der Waals surface area contributed by atoms with Crippen molar-refractivity contribution < 1.29 is 19.2 Å². The molecule has 2 aromatic carbocycles. The van der Waals surface area contributed by atoms with Gasteiger partial charge in [-0.2, -0.15) is 0 Å². The summed E-state index contributed by atoms with van der Waals surface area (Å²) < 4.78 is 5.65. The summed E-state index contributed by atoms with van der Waals surface area (Å²) in [6.45, 7) is 6.00. The van der Waals surface area contributed by atoms with Gasteiger partial charge in [-0.15, -0.1) is 0 Å². The molecule has 1 unspecified atom stereocenters. The van der Waals surface area contributed by atoms with E-state index in [9.17, 15) is 19.7 Å². The maximum Gasteiger partial charge on any atom is 0.315 e. The maximum atomic E-state index is 13.3. The lowest BCUT2D eigenvalue weighted by Crippen LogP contribution is -2.39. The van der Waals surface area contributed by atoms with Crippen LogP contribution in [0.5, 0.6) is 0 Å². The Bertz CT molecular complexity index is 1200. The average molecular weight is 461 g/mol. The fourth-order valence-electron chi connectivity index (χ4n) is 4.95. The standard InChI is InChI=1S/C27H28N2O5/c1-17-23(26(31)34-13-12-18-8-5-4-6-9-18)24(19-10-7-11-20(14-19)29(32)33)25-21(28-17)15-27(2,3)16-22(25)30/h4-11,14,23-24H,12-13,15-16H2,1-3H3/t23?,24-/m0/s1. The predicted molar refractivity (Wildman–Crippen MR) is 129 cm³/mol. The van der Waals surface area contributed by atoms with Crippen molar-refractivity contribution in [3.8, 4) is 0 Å². The first-order valence-electron chi connectivity index (χ1n) is 11.4. The Kier molecular flexibility index (Phi) is 6.46. The molecule has 1 heterocycles. The Morgan fingerprint density at radius 1 is 1.15 bits per heavy atom. The number of rotatable bonds is 6. The number of allylic oxidation sites excluding steroid dienone is 2. The largest absolute Gasteiger partial charge is 0.465 e. The van der Waals surface area contributed by atoms with E-state index in [1.807, 2.05) is 44.2 Å². The molecule has 1 aliphatic heterocycles. The average Bonchev–Trinajstić information content (AvgIpc) is 2.78. The van der Waals surface area contributed by atoms with Crippen LogP contribution in [0, 0.1) is 21.4 Å². The minimum absolute atomic E-state index is 0.0684. The summed E-state index contributed by atoms with van der Waals surface area (Å²) in [7, 11) is 0. The number of nitro benzene ring substituents is 1. The molecule has 7 heteroatoms. The van der Waals surface area contributed by atoms with Crippen molar-refractivity contribution in [1.82, 2.24) is 0 Å². The Labute approximate surface area is 198 Å². The number of non-ortho nitro benzene ring substituents is 1. The fourth-order valence-corrected chi connectivity index (χ4v) is 4.95. The maximum absolute atomic E-state index is 13.3. The van der Waals surface area contributed by atoms with Gasteiger partial charge in [0, 0.05) is 47.9 Å². The van der Waals surface area contributed by atoms with E-state index in [1.165, 1.54) is 12.1 Å². The van der Waals surface area contributed by atoms with Crippen LogP contribution in [0.1, 0.15) is 50.7 Å². The van der Waals surface area contributed by atoms with Gasteiger partial charge >= 0.3 is 5.97 Å². The summed E-state index contributed by atoms with van der Waals surface area (Å²) in [5.41, 5.74) is 2.99. The van der Waals surface area contributed by atoms with E-state index in [1.54, 1.807) is 19.1 Å². The molecular formula is C27H28N2O5. The van der Waals surface area contributed by atoms with Gasteiger partial charge in [-0.25, -0.2) is 0 Å². The third-order valence-electron chi connectivity index (χ3n) is 6.47. The van der Waals surface area contributed by atoms with Crippen molar-refractivity contribution in [1.29, 1.82) is 0 Å². The van der Waals surface area contributed by atoms with Gasteiger partial charge in [0.15, 0.2) is 5.78 Å². The van der Waals surface area contributed by atoms with Crippen molar-refractivity contribution in [2.24, 2.45) is 16.3 Å². The smallest absolute Gasteiger partial charge is 0.315 e. The van der Waals surface area contributed by atoms with Crippen LogP contribution < -0.4 is 0 Å². The van der Waals surface area contributed by atoms with Gasteiger partial charge in [0.25, 0.3) is 5.69 Å². The quantitative estimate of drug-likeness (QED) is 0.335. The molecule has 0 N–H and O–H groups in total. The minimum Gasteiger partial charge on any atom is -0.465 e. The van der Waals surface area contributed by atoms with Gasteiger partial charge in [0.2, 0.25) is 0 Å². The molecule has 0 bridgehead atoms. The lowest BCUT2D eigenvalue weighted by Gasteiger charge is -2.38. The van der Waals surface area contributed by atoms with Crippen molar-refractivity contribution in [2.45, 2.75) is 46.0 Å². The Morgan fingerprint density at radius 2 is 1.88 bits per heavy atom. The molecule has 1 aliphatic carbocycles. The first kappa shape index (κ1) is 23.5. The topological polar surface area (TPSA) is 98.9 Å². The third kappa shape index (κ3) is 4.83. The lowest BCUT2D eigenvalue weighted by molar-refractivity contribution is -0.384. The lowest BCUT2D eigenvalue weighted by atomic mass is 9.67. The van der Waals surface area contributed by atoms with Crippen LogP contribution in [0.25, 0.3) is 0 Å². The first-order valence-corrected chi connectivity index (χ1v) is 11.4. The molecule has 4 rings (SSSR count). The van der Waals surface area contributed by atoms with Crippen LogP contribution >= 0.6 is 0 Å². The molecule has 0 aromatic heterocycles. The van der Waals surface area contributed by atoms with Crippen molar-refractivity contribution in [3.05, 3.63) is 87.1 Å². The third-order valence-corrected chi connectivity index (χ3v) is 6.47. The van der Waals surface area contributed by atoms with Gasteiger partial charge in [-0.05, 0) is 29.9 Å². The number of nitrogens with zero attached hydrogens (tertiary/aromatic N) is 2. The minimum atomic E-state index is -0.818. The van der Waals surface area contributed by atoms with Crippen molar-refractivity contribution in [3.63, 3.8) is 0 Å². The zero-order valence-corrected chi connectivity index (χ0v) is 19.6. The molecule has 176 valence electrons. The molecular weight excluding hydrogens is 432 g/mol. The molecule has 7 nitrogen and oxygen atoms in total. The zero-order valence-electron chi connectivity index (χ0n) is 19.6. The summed E-state index contributed by atoms with van der Waals surface area (Å²) in [6, 6.07) is 15.9. The monoisotopic (exact) mass is 460 g/mol. The van der Waals surface area contributed by atoms with Gasteiger partial charge in [-0.3, -0.25) is 24.7 Å². The highest BCUT2D eigenvalue weighted by Crippen LogP contribution is 2.48. The summed E-state index contributed by atoms with van der Waals surface area (Å²) >= 11 is 0. The van der Waals surface area contributed by atoms with E-state index in [4.69, 9.17) is 9.73 Å². The van der Waals surface area contributed by atoms with Gasteiger partial charge in [-0.1, -0.05) is 56.3 Å². The molecule has 0 saturated heterocycles. The van der Waals surface area contributed by atoms with Crippen molar-refractivity contribution >= 4 is 23.2 Å². The van der Waals surface area contributed by atoms with Crippen LogP contribution in [0.4, 0.5) is 5.69 Å².